The minimum Gasteiger partial charge on any atom is -0.322 e. The number of nitrogens with zero attached hydrogens (tertiary/aromatic N) is 4. The lowest BCUT2D eigenvalue weighted by atomic mass is 10.00. The van der Waals surface area contributed by atoms with Crippen LogP contribution < -0.4 is 5.32 Å². The average Bonchev–Trinajstić information content (AvgIpc) is 3.26. The largest absolute Gasteiger partial charge is 0.322 e. The molecule has 1 atom stereocenters. The number of anilines is 1. The van der Waals surface area contributed by atoms with Gasteiger partial charge in [-0.05, 0) is 55.1 Å². The summed E-state index contributed by atoms with van der Waals surface area (Å²) in [6.07, 6.45) is 5.64. The van der Waals surface area contributed by atoms with Gasteiger partial charge in [0.2, 0.25) is 0 Å². The molecule has 0 radical (unpaired) electrons. The molecule has 1 aliphatic rings. The summed E-state index contributed by atoms with van der Waals surface area (Å²) >= 11 is 0. The first-order chi connectivity index (χ1) is 15.0. The highest BCUT2D eigenvalue weighted by molar-refractivity contribution is 6.04. The van der Waals surface area contributed by atoms with Crippen LogP contribution in [0.1, 0.15) is 35.7 Å². The number of piperidine rings is 1. The van der Waals surface area contributed by atoms with Crippen LogP contribution in [0, 0.1) is 16.0 Å². The fraction of sp³-hybridized carbons (Fsp3) is 0.304. The summed E-state index contributed by atoms with van der Waals surface area (Å²) in [5, 5.41) is 17.9. The van der Waals surface area contributed by atoms with E-state index in [9.17, 15) is 14.9 Å². The Hall–Kier alpha value is -3.52. The molecule has 1 amide bonds. The molecular weight excluding hydrogens is 394 g/mol. The minimum atomic E-state index is -0.454. The number of carbonyl (C=O) groups excluding carboxylic acids is 1. The molecule has 0 saturated carbocycles. The lowest BCUT2D eigenvalue weighted by Crippen LogP contribution is -2.33. The molecule has 4 rings (SSSR count). The van der Waals surface area contributed by atoms with Crippen LogP contribution >= 0.6 is 0 Å². The van der Waals surface area contributed by atoms with E-state index in [1.807, 2.05) is 12.1 Å². The monoisotopic (exact) mass is 419 g/mol. The van der Waals surface area contributed by atoms with Crippen molar-refractivity contribution in [2.45, 2.75) is 26.3 Å². The Balaban J connectivity index is 1.36. The lowest BCUT2D eigenvalue weighted by molar-refractivity contribution is -0.384. The highest BCUT2D eigenvalue weighted by atomic mass is 16.6. The molecule has 31 heavy (non-hydrogen) atoms. The van der Waals surface area contributed by atoms with Crippen molar-refractivity contribution in [3.05, 3.63) is 82.2 Å². The van der Waals surface area contributed by atoms with E-state index in [0.717, 1.165) is 31.2 Å². The predicted molar refractivity (Wildman–Crippen MR) is 118 cm³/mol. The Labute approximate surface area is 180 Å². The summed E-state index contributed by atoms with van der Waals surface area (Å²) in [5.74, 6) is 0.491. The van der Waals surface area contributed by atoms with Crippen LogP contribution in [0.15, 0.2) is 60.9 Å². The maximum Gasteiger partial charge on any atom is 0.269 e. The Kier molecular flexibility index (Phi) is 6.08. The predicted octanol–water partition coefficient (Wildman–Crippen LogP) is 4.26. The molecule has 8 nitrogen and oxygen atoms in total. The molecule has 1 aromatic heterocycles. The topological polar surface area (TPSA) is 93.3 Å². The van der Waals surface area contributed by atoms with Crippen LogP contribution in [0.2, 0.25) is 0 Å². The van der Waals surface area contributed by atoms with E-state index in [1.165, 1.54) is 41.4 Å². The molecule has 3 aromatic rings. The quantitative estimate of drug-likeness (QED) is 0.476. The zero-order valence-electron chi connectivity index (χ0n) is 17.4. The SMILES string of the molecule is CC1CCCN(Cc2ccc(NC(=O)c3cnn(-c4ccc([N+](=O)[O-])cc4)c3)cc2)C1. The number of nitro groups is 1. The summed E-state index contributed by atoms with van der Waals surface area (Å²) in [4.78, 5) is 25.4. The number of likely N-dealkylation sites (tertiary alicyclic amines) is 1. The van der Waals surface area contributed by atoms with E-state index in [2.05, 4.69) is 34.4 Å². The summed E-state index contributed by atoms with van der Waals surface area (Å²) in [5.41, 5.74) is 3.01. The molecular formula is C23H25N5O3. The van der Waals surface area contributed by atoms with Gasteiger partial charge in [0.1, 0.15) is 0 Å². The van der Waals surface area contributed by atoms with Crippen LogP contribution in [0.5, 0.6) is 0 Å². The van der Waals surface area contributed by atoms with E-state index >= 15 is 0 Å². The molecule has 0 aliphatic carbocycles. The number of hydrogen-bond donors (Lipinski definition) is 1. The number of non-ortho nitro benzene ring substituents is 1. The minimum absolute atomic E-state index is 0.00659. The third kappa shape index (κ3) is 5.16. The zero-order valence-corrected chi connectivity index (χ0v) is 17.4. The molecule has 1 unspecified atom stereocenters. The van der Waals surface area contributed by atoms with E-state index in [4.69, 9.17) is 0 Å². The zero-order chi connectivity index (χ0) is 21.8. The smallest absolute Gasteiger partial charge is 0.269 e. The van der Waals surface area contributed by atoms with E-state index in [-0.39, 0.29) is 11.6 Å². The van der Waals surface area contributed by atoms with Crippen molar-refractivity contribution in [3.63, 3.8) is 0 Å². The van der Waals surface area contributed by atoms with Gasteiger partial charge in [-0.1, -0.05) is 19.1 Å². The van der Waals surface area contributed by atoms with E-state index in [0.29, 0.717) is 11.3 Å². The third-order valence-electron chi connectivity index (χ3n) is 5.53. The van der Waals surface area contributed by atoms with Gasteiger partial charge in [0.25, 0.3) is 11.6 Å². The van der Waals surface area contributed by atoms with Crippen molar-refractivity contribution in [1.82, 2.24) is 14.7 Å². The standard InChI is InChI=1S/C23H25N5O3/c1-17-3-2-12-26(14-17)15-18-4-6-20(7-5-18)25-23(29)19-13-24-27(16-19)21-8-10-22(11-9-21)28(30)31/h4-11,13,16-17H,2-3,12,14-15H2,1H3,(H,25,29). The first-order valence-electron chi connectivity index (χ1n) is 10.4. The molecule has 1 fully saturated rings. The van der Waals surface area contributed by atoms with Gasteiger partial charge in [-0.2, -0.15) is 5.10 Å². The molecule has 0 bridgehead atoms. The second kappa shape index (κ2) is 9.09. The van der Waals surface area contributed by atoms with Crippen molar-refractivity contribution in [1.29, 1.82) is 0 Å². The third-order valence-corrected chi connectivity index (χ3v) is 5.53. The van der Waals surface area contributed by atoms with Crippen LogP contribution in [-0.4, -0.2) is 38.6 Å². The Morgan fingerprint density at radius 3 is 2.61 bits per heavy atom. The number of aromatic nitrogens is 2. The number of amides is 1. The number of benzene rings is 2. The highest BCUT2D eigenvalue weighted by Crippen LogP contribution is 2.19. The van der Waals surface area contributed by atoms with Crippen LogP contribution in [0.25, 0.3) is 5.69 Å². The number of nitrogens with one attached hydrogen (secondary N) is 1. The van der Waals surface area contributed by atoms with Gasteiger partial charge < -0.3 is 5.32 Å². The van der Waals surface area contributed by atoms with E-state index in [1.54, 1.807) is 18.3 Å². The van der Waals surface area contributed by atoms with Gasteiger partial charge in [-0.25, -0.2) is 4.68 Å². The maximum absolute atomic E-state index is 12.6. The summed E-state index contributed by atoms with van der Waals surface area (Å²) in [6, 6.07) is 13.9. The average molecular weight is 419 g/mol. The van der Waals surface area contributed by atoms with Gasteiger partial charge in [0.05, 0.1) is 22.4 Å². The molecule has 8 heteroatoms. The molecule has 2 heterocycles. The molecule has 2 aromatic carbocycles. The fourth-order valence-electron chi connectivity index (χ4n) is 3.89. The molecule has 1 aliphatic heterocycles. The summed E-state index contributed by atoms with van der Waals surface area (Å²) in [7, 11) is 0. The van der Waals surface area contributed by atoms with Crippen LogP contribution in [0.3, 0.4) is 0 Å². The Bertz CT molecular complexity index is 1060. The van der Waals surface area contributed by atoms with Gasteiger partial charge in [-0.3, -0.25) is 19.8 Å². The fourth-order valence-corrected chi connectivity index (χ4v) is 3.89. The second-order valence-corrected chi connectivity index (χ2v) is 8.08. The second-order valence-electron chi connectivity index (χ2n) is 8.08. The van der Waals surface area contributed by atoms with Crippen LogP contribution in [0.4, 0.5) is 11.4 Å². The van der Waals surface area contributed by atoms with Crippen LogP contribution in [-0.2, 0) is 6.54 Å². The first kappa shape index (κ1) is 20.7. The number of hydrogen-bond acceptors (Lipinski definition) is 5. The Morgan fingerprint density at radius 2 is 1.94 bits per heavy atom. The normalized spacial score (nSPS) is 16.7. The van der Waals surface area contributed by atoms with Crippen molar-refractivity contribution in [2.24, 2.45) is 5.92 Å². The van der Waals surface area contributed by atoms with Gasteiger partial charge in [-0.15, -0.1) is 0 Å². The van der Waals surface area contributed by atoms with E-state index < -0.39 is 4.92 Å². The first-order valence-corrected chi connectivity index (χ1v) is 10.4. The van der Waals surface area contributed by atoms with Crippen molar-refractivity contribution in [3.8, 4) is 5.69 Å². The molecule has 160 valence electrons. The van der Waals surface area contributed by atoms with Crippen molar-refractivity contribution in [2.75, 3.05) is 18.4 Å². The molecule has 1 saturated heterocycles. The lowest BCUT2D eigenvalue weighted by Gasteiger charge is -2.30. The molecule has 0 spiro atoms. The number of carbonyl (C=O) groups is 1. The number of rotatable bonds is 6. The van der Waals surface area contributed by atoms with Crippen molar-refractivity contribution >= 4 is 17.3 Å². The van der Waals surface area contributed by atoms with Gasteiger partial charge in [0, 0.05) is 37.1 Å². The summed E-state index contributed by atoms with van der Waals surface area (Å²) in [6.45, 7) is 5.51. The van der Waals surface area contributed by atoms with Crippen molar-refractivity contribution < 1.29 is 9.72 Å². The van der Waals surface area contributed by atoms with Gasteiger partial charge >= 0.3 is 0 Å². The number of nitro benzene ring substituents is 1. The van der Waals surface area contributed by atoms with Gasteiger partial charge in [0.15, 0.2) is 0 Å². The molecule has 1 N–H and O–H groups in total. The highest BCUT2D eigenvalue weighted by Gasteiger charge is 2.16. The summed E-state index contributed by atoms with van der Waals surface area (Å²) < 4.78 is 1.52. The Morgan fingerprint density at radius 1 is 1.19 bits per heavy atom. The maximum atomic E-state index is 12.6.